The van der Waals surface area contributed by atoms with Gasteiger partial charge in [-0.25, -0.2) is 0 Å². The van der Waals surface area contributed by atoms with Gasteiger partial charge in [-0.3, -0.25) is 14.6 Å². The maximum atomic E-state index is 12.9. The Labute approximate surface area is 194 Å². The van der Waals surface area contributed by atoms with Crippen LogP contribution in [0.4, 0.5) is 0 Å². The van der Waals surface area contributed by atoms with Crippen LogP contribution in [0.15, 0.2) is 48.8 Å². The minimum Gasteiger partial charge on any atom is -0.394 e. The van der Waals surface area contributed by atoms with E-state index in [9.17, 15) is 14.7 Å². The second-order valence-electron chi connectivity index (χ2n) is 9.35. The smallest absolute Gasteiger partial charge is 0.255 e. The van der Waals surface area contributed by atoms with E-state index in [1.165, 1.54) is 31.9 Å². The molecule has 0 spiro atoms. The molecule has 6 nitrogen and oxygen atoms in total. The maximum absolute atomic E-state index is 12.9. The van der Waals surface area contributed by atoms with Gasteiger partial charge in [0.15, 0.2) is 0 Å². The number of rotatable bonds is 4. The van der Waals surface area contributed by atoms with E-state index in [1.54, 1.807) is 28.1 Å². The number of benzene rings is 1. The largest absolute Gasteiger partial charge is 0.394 e. The Hall–Kier alpha value is -3.17. The van der Waals surface area contributed by atoms with Gasteiger partial charge in [0.05, 0.1) is 24.3 Å². The summed E-state index contributed by atoms with van der Waals surface area (Å²) in [6.07, 6.45) is 9.39. The number of aliphatic hydroxyl groups excluding tert-OH is 1. The third-order valence-electron chi connectivity index (χ3n) is 7.34. The summed E-state index contributed by atoms with van der Waals surface area (Å²) in [6, 6.07) is 11.2. The molecule has 2 aliphatic heterocycles. The Morgan fingerprint density at radius 1 is 1.15 bits per heavy atom. The van der Waals surface area contributed by atoms with Crippen LogP contribution in [-0.2, 0) is 4.79 Å². The Morgan fingerprint density at radius 3 is 2.64 bits per heavy atom. The van der Waals surface area contributed by atoms with Gasteiger partial charge >= 0.3 is 0 Å². The lowest BCUT2D eigenvalue weighted by molar-refractivity contribution is -0.159. The molecule has 3 fully saturated rings. The Bertz CT molecular complexity index is 1070. The van der Waals surface area contributed by atoms with Crippen LogP contribution in [0.1, 0.15) is 59.5 Å². The predicted octanol–water partition coefficient (Wildman–Crippen LogP) is 2.82. The number of fused-ring (bicyclic) bond motifs is 1. The van der Waals surface area contributed by atoms with Gasteiger partial charge in [0.25, 0.3) is 5.91 Å². The lowest BCUT2D eigenvalue weighted by atomic mass is 9.73. The van der Waals surface area contributed by atoms with Crippen LogP contribution in [0.5, 0.6) is 0 Å². The molecular formula is C27H29N3O3. The van der Waals surface area contributed by atoms with Crippen molar-refractivity contribution in [2.24, 2.45) is 5.92 Å². The molecule has 1 saturated carbocycles. The van der Waals surface area contributed by atoms with Gasteiger partial charge in [0.2, 0.25) is 5.91 Å². The molecule has 1 N–H and O–H groups in total. The van der Waals surface area contributed by atoms with E-state index < -0.39 is 0 Å². The van der Waals surface area contributed by atoms with Crippen LogP contribution in [0.25, 0.3) is 0 Å². The first kappa shape index (κ1) is 21.7. The minimum absolute atomic E-state index is 0.0102. The highest BCUT2D eigenvalue weighted by molar-refractivity contribution is 5.97. The van der Waals surface area contributed by atoms with E-state index in [4.69, 9.17) is 0 Å². The molecule has 0 radical (unpaired) electrons. The van der Waals surface area contributed by atoms with E-state index in [-0.39, 0.29) is 43.0 Å². The second-order valence-corrected chi connectivity index (χ2v) is 9.35. The summed E-state index contributed by atoms with van der Waals surface area (Å²) >= 11 is 0. The van der Waals surface area contributed by atoms with Crippen molar-refractivity contribution in [3.05, 3.63) is 65.5 Å². The van der Waals surface area contributed by atoms with Gasteiger partial charge < -0.3 is 14.9 Å². The number of pyridine rings is 1. The molecule has 5 rings (SSSR count). The first-order valence-electron chi connectivity index (χ1n) is 11.9. The number of hydrogen-bond acceptors (Lipinski definition) is 4. The van der Waals surface area contributed by atoms with Gasteiger partial charge in [-0.2, -0.15) is 0 Å². The molecular weight excluding hydrogens is 414 g/mol. The Kier molecular flexibility index (Phi) is 6.15. The Morgan fingerprint density at radius 2 is 1.94 bits per heavy atom. The number of nitrogens with zero attached hydrogens (tertiary/aromatic N) is 3. The fourth-order valence-corrected chi connectivity index (χ4v) is 5.63. The van der Waals surface area contributed by atoms with Gasteiger partial charge in [0.1, 0.15) is 6.54 Å². The highest BCUT2D eigenvalue weighted by Crippen LogP contribution is 2.43. The number of aromatic nitrogens is 1. The first-order chi connectivity index (χ1) is 16.2. The summed E-state index contributed by atoms with van der Waals surface area (Å²) in [5.74, 6) is 7.05. The monoisotopic (exact) mass is 443 g/mol. The van der Waals surface area contributed by atoms with Gasteiger partial charge in [-0.05, 0) is 48.6 Å². The SMILES string of the molecule is O=C(c1cccnc1)N1CC(=O)N2[C@H](CO)[C@H](c3ccc(C#CCC4CCCC4)cc3)[C@H]2C1. The number of carbonyl (C=O) groups excluding carboxylic acids is 2. The number of carbonyl (C=O) groups is 2. The van der Waals surface area contributed by atoms with Gasteiger partial charge in [-0.1, -0.05) is 36.8 Å². The average Bonchev–Trinajstić information content (AvgIpc) is 3.35. The molecule has 3 atom stereocenters. The summed E-state index contributed by atoms with van der Waals surface area (Å²) in [5, 5.41) is 10.00. The quantitative estimate of drug-likeness (QED) is 0.738. The zero-order valence-corrected chi connectivity index (χ0v) is 18.7. The van der Waals surface area contributed by atoms with E-state index in [0.29, 0.717) is 12.1 Å². The van der Waals surface area contributed by atoms with Crippen molar-refractivity contribution in [3.8, 4) is 11.8 Å². The van der Waals surface area contributed by atoms with Crippen LogP contribution in [0.3, 0.4) is 0 Å². The molecule has 3 heterocycles. The zero-order chi connectivity index (χ0) is 22.8. The van der Waals surface area contributed by atoms with Crippen molar-refractivity contribution in [2.75, 3.05) is 19.7 Å². The van der Waals surface area contributed by atoms with E-state index in [0.717, 1.165) is 23.5 Å². The maximum Gasteiger partial charge on any atom is 0.255 e. The van der Waals surface area contributed by atoms with Crippen LogP contribution < -0.4 is 0 Å². The average molecular weight is 444 g/mol. The van der Waals surface area contributed by atoms with Crippen LogP contribution in [0.2, 0.25) is 0 Å². The summed E-state index contributed by atoms with van der Waals surface area (Å²) in [7, 11) is 0. The first-order valence-corrected chi connectivity index (χ1v) is 11.9. The standard InChI is InChI=1S/C27H29N3O3/c31-18-24-26(21-12-10-20(11-13-21)8-3-7-19-5-1-2-6-19)23-16-29(17-25(32)30(23)24)27(33)22-9-4-14-28-15-22/h4,9-15,19,23-24,26,31H,1-2,5-7,16-18H2/t23-,24-,26-/m1/s1. The van der Waals surface area contributed by atoms with Gasteiger partial charge in [0, 0.05) is 36.8 Å². The van der Waals surface area contributed by atoms with Crippen LogP contribution in [0, 0.1) is 17.8 Å². The topological polar surface area (TPSA) is 73.7 Å². The summed E-state index contributed by atoms with van der Waals surface area (Å²) in [6.45, 7) is 0.388. The van der Waals surface area contributed by atoms with Crippen LogP contribution in [-0.4, -0.2) is 63.5 Å². The molecule has 1 aliphatic carbocycles. The molecule has 0 bridgehead atoms. The zero-order valence-electron chi connectivity index (χ0n) is 18.7. The molecule has 2 amide bonds. The minimum atomic E-state index is -0.252. The van der Waals surface area contributed by atoms with Crippen molar-refractivity contribution in [1.29, 1.82) is 0 Å². The fourth-order valence-electron chi connectivity index (χ4n) is 5.63. The third kappa shape index (κ3) is 4.26. The molecule has 6 heteroatoms. The number of amides is 2. The molecule has 2 saturated heterocycles. The van der Waals surface area contributed by atoms with Crippen molar-refractivity contribution < 1.29 is 14.7 Å². The number of aliphatic hydroxyl groups is 1. The molecule has 170 valence electrons. The highest BCUT2D eigenvalue weighted by Gasteiger charge is 2.54. The fraction of sp³-hybridized carbons (Fsp3) is 0.444. The van der Waals surface area contributed by atoms with Crippen LogP contribution >= 0.6 is 0 Å². The van der Waals surface area contributed by atoms with Gasteiger partial charge in [-0.15, -0.1) is 0 Å². The molecule has 1 aromatic heterocycles. The molecule has 33 heavy (non-hydrogen) atoms. The molecule has 2 aromatic rings. The molecule has 3 aliphatic rings. The lowest BCUT2D eigenvalue weighted by Crippen LogP contribution is -2.73. The highest BCUT2D eigenvalue weighted by atomic mass is 16.3. The van der Waals surface area contributed by atoms with Crippen molar-refractivity contribution >= 4 is 11.8 Å². The predicted molar refractivity (Wildman–Crippen MR) is 124 cm³/mol. The van der Waals surface area contributed by atoms with Crippen molar-refractivity contribution in [2.45, 2.75) is 50.1 Å². The Balaban J connectivity index is 1.30. The second kappa shape index (κ2) is 9.36. The summed E-state index contributed by atoms with van der Waals surface area (Å²) in [4.78, 5) is 33.1. The molecule has 0 unspecified atom stereocenters. The normalized spacial score (nSPS) is 24.6. The summed E-state index contributed by atoms with van der Waals surface area (Å²) < 4.78 is 0. The van der Waals surface area contributed by atoms with E-state index in [1.807, 2.05) is 12.1 Å². The lowest BCUT2D eigenvalue weighted by Gasteiger charge is -2.58. The number of hydrogen-bond donors (Lipinski definition) is 1. The van der Waals surface area contributed by atoms with Crippen molar-refractivity contribution in [1.82, 2.24) is 14.8 Å². The van der Waals surface area contributed by atoms with E-state index >= 15 is 0 Å². The number of piperazine rings is 1. The summed E-state index contributed by atoms with van der Waals surface area (Å²) in [5.41, 5.74) is 2.54. The van der Waals surface area contributed by atoms with Crippen molar-refractivity contribution in [3.63, 3.8) is 0 Å². The molecule has 1 aromatic carbocycles. The van der Waals surface area contributed by atoms with E-state index in [2.05, 4.69) is 29.0 Å². The third-order valence-corrected chi connectivity index (χ3v) is 7.34.